The first kappa shape index (κ1) is 19.4. The highest BCUT2D eigenvalue weighted by molar-refractivity contribution is 5.85. The summed E-state index contributed by atoms with van der Waals surface area (Å²) < 4.78 is 0. The Morgan fingerprint density at radius 3 is 2.46 bits per heavy atom. The van der Waals surface area contributed by atoms with Crippen molar-refractivity contribution in [1.82, 2.24) is 14.7 Å². The zero-order chi connectivity index (χ0) is 19.7. The van der Waals surface area contributed by atoms with Gasteiger partial charge in [-0.25, -0.2) is 0 Å². The fraction of sp³-hybridized carbons (Fsp3) is 0.652. The molecule has 1 aromatic carbocycles. The highest BCUT2D eigenvalue weighted by Crippen LogP contribution is 2.48. The highest BCUT2D eigenvalue weighted by atomic mass is 16.2. The lowest BCUT2D eigenvalue weighted by atomic mass is 9.67. The maximum absolute atomic E-state index is 13.2. The van der Waals surface area contributed by atoms with Crippen molar-refractivity contribution in [3.8, 4) is 0 Å². The second kappa shape index (κ2) is 7.86. The zero-order valence-corrected chi connectivity index (χ0v) is 17.3. The number of carbonyl (C=O) groups is 2. The number of rotatable bonds is 5. The molecule has 0 aromatic heterocycles. The summed E-state index contributed by atoms with van der Waals surface area (Å²) in [5.41, 5.74) is 1.31. The minimum Gasteiger partial charge on any atom is -0.342 e. The van der Waals surface area contributed by atoms with Gasteiger partial charge in [0.05, 0.1) is 12.5 Å². The van der Waals surface area contributed by atoms with E-state index in [0.29, 0.717) is 18.5 Å². The molecule has 3 aliphatic rings. The number of hydrogen-bond acceptors (Lipinski definition) is 3. The van der Waals surface area contributed by atoms with Crippen LogP contribution in [0.1, 0.15) is 50.5 Å². The summed E-state index contributed by atoms with van der Waals surface area (Å²) in [6.45, 7) is 6.00. The lowest BCUT2D eigenvalue weighted by Crippen LogP contribution is -2.55. The fourth-order valence-corrected chi connectivity index (χ4v) is 4.90. The molecule has 0 bridgehead atoms. The highest BCUT2D eigenvalue weighted by Gasteiger charge is 2.49. The number of likely N-dealkylation sites (tertiary alicyclic amines) is 2. The lowest BCUT2D eigenvalue weighted by molar-refractivity contribution is -0.145. The number of likely N-dealkylation sites (N-methyl/N-ethyl adjacent to an activating group) is 1. The molecule has 5 nitrogen and oxygen atoms in total. The van der Waals surface area contributed by atoms with E-state index in [1.165, 1.54) is 0 Å². The number of nitrogens with zero attached hydrogens (tertiary/aromatic N) is 3. The van der Waals surface area contributed by atoms with Crippen LogP contribution in [0.25, 0.3) is 0 Å². The van der Waals surface area contributed by atoms with E-state index in [0.717, 1.165) is 63.8 Å². The Kier molecular flexibility index (Phi) is 5.46. The third-order valence-electron chi connectivity index (χ3n) is 7.04. The van der Waals surface area contributed by atoms with Gasteiger partial charge in [0.1, 0.15) is 0 Å². The molecule has 0 N–H and O–H groups in total. The largest absolute Gasteiger partial charge is 0.342 e. The molecule has 1 aliphatic carbocycles. The van der Waals surface area contributed by atoms with Crippen LogP contribution in [-0.2, 0) is 9.59 Å². The molecule has 1 atom stereocenters. The van der Waals surface area contributed by atoms with Crippen molar-refractivity contribution in [2.24, 2.45) is 5.41 Å². The Bertz CT molecular complexity index is 708. The molecule has 2 amide bonds. The van der Waals surface area contributed by atoms with Crippen LogP contribution in [-0.4, -0.2) is 72.3 Å². The molecule has 1 spiro atoms. The molecule has 1 saturated carbocycles. The Labute approximate surface area is 168 Å². The van der Waals surface area contributed by atoms with Gasteiger partial charge in [0.25, 0.3) is 0 Å². The van der Waals surface area contributed by atoms with Crippen LogP contribution in [0.2, 0.25) is 0 Å². The molecule has 1 unspecified atom stereocenters. The van der Waals surface area contributed by atoms with E-state index in [9.17, 15) is 9.59 Å². The van der Waals surface area contributed by atoms with Crippen LogP contribution in [0.3, 0.4) is 0 Å². The van der Waals surface area contributed by atoms with Crippen molar-refractivity contribution in [2.75, 3.05) is 39.8 Å². The Morgan fingerprint density at radius 1 is 1.18 bits per heavy atom. The predicted molar refractivity (Wildman–Crippen MR) is 110 cm³/mol. The van der Waals surface area contributed by atoms with Crippen LogP contribution in [0, 0.1) is 5.41 Å². The summed E-state index contributed by atoms with van der Waals surface area (Å²) in [5, 5.41) is 0. The Hall–Kier alpha value is -1.88. The van der Waals surface area contributed by atoms with E-state index < -0.39 is 0 Å². The SMILES string of the molecule is CCN(C)CC(=O)N1CCC2(CC1)CC(c1ccccc1)C(=O)N(C1CC1)C2. The number of hydrogen-bond donors (Lipinski definition) is 0. The van der Waals surface area contributed by atoms with Gasteiger partial charge >= 0.3 is 0 Å². The molecule has 28 heavy (non-hydrogen) atoms. The zero-order valence-electron chi connectivity index (χ0n) is 17.3. The molecule has 2 aliphatic heterocycles. The monoisotopic (exact) mass is 383 g/mol. The van der Waals surface area contributed by atoms with Crippen LogP contribution in [0.5, 0.6) is 0 Å². The molecule has 4 rings (SSSR count). The van der Waals surface area contributed by atoms with E-state index in [4.69, 9.17) is 0 Å². The van der Waals surface area contributed by atoms with Crippen LogP contribution in [0.4, 0.5) is 0 Å². The van der Waals surface area contributed by atoms with Gasteiger partial charge in [0.2, 0.25) is 11.8 Å². The number of piperidine rings is 2. The predicted octanol–water partition coefficient (Wildman–Crippen LogP) is 2.73. The van der Waals surface area contributed by atoms with Crippen molar-refractivity contribution < 1.29 is 9.59 Å². The Morgan fingerprint density at radius 2 is 1.86 bits per heavy atom. The van der Waals surface area contributed by atoms with E-state index in [1.807, 2.05) is 30.1 Å². The molecule has 1 aromatic rings. The maximum Gasteiger partial charge on any atom is 0.236 e. The summed E-state index contributed by atoms with van der Waals surface area (Å²) in [6, 6.07) is 10.8. The second-order valence-corrected chi connectivity index (χ2v) is 9.08. The number of amides is 2. The van der Waals surface area contributed by atoms with E-state index in [1.54, 1.807) is 0 Å². The molecular weight excluding hydrogens is 350 g/mol. The summed E-state index contributed by atoms with van der Waals surface area (Å²) in [7, 11) is 1.99. The molecule has 5 heteroatoms. The van der Waals surface area contributed by atoms with E-state index in [-0.39, 0.29) is 17.2 Å². The van der Waals surface area contributed by atoms with Crippen molar-refractivity contribution in [3.63, 3.8) is 0 Å². The minimum absolute atomic E-state index is 0.0240. The first-order valence-corrected chi connectivity index (χ1v) is 10.8. The standard InChI is InChI=1S/C23H33N3O2/c1-3-24(2)16-21(27)25-13-11-23(12-14-25)15-20(18-7-5-4-6-8-18)22(28)26(17-23)19-9-10-19/h4-8,19-20H,3,9-17H2,1-2H3. The van der Waals surface area contributed by atoms with Crippen LogP contribution >= 0.6 is 0 Å². The summed E-state index contributed by atoms with van der Waals surface area (Å²) in [4.78, 5) is 32.1. The summed E-state index contributed by atoms with van der Waals surface area (Å²) >= 11 is 0. The first-order chi connectivity index (χ1) is 13.5. The van der Waals surface area contributed by atoms with Gasteiger partial charge in [-0.05, 0) is 56.7 Å². The van der Waals surface area contributed by atoms with E-state index in [2.05, 4.69) is 28.9 Å². The molecular formula is C23H33N3O2. The molecule has 3 fully saturated rings. The van der Waals surface area contributed by atoms with Crippen molar-refractivity contribution >= 4 is 11.8 Å². The maximum atomic E-state index is 13.2. The topological polar surface area (TPSA) is 43.9 Å². The summed E-state index contributed by atoms with van der Waals surface area (Å²) in [6.07, 6.45) is 5.24. The van der Waals surface area contributed by atoms with Gasteiger partial charge in [-0.15, -0.1) is 0 Å². The van der Waals surface area contributed by atoms with Gasteiger partial charge in [-0.1, -0.05) is 37.3 Å². The average Bonchev–Trinajstić information content (AvgIpc) is 3.56. The normalized spacial score (nSPS) is 24.8. The van der Waals surface area contributed by atoms with Gasteiger partial charge in [0, 0.05) is 25.7 Å². The molecule has 152 valence electrons. The lowest BCUT2D eigenvalue weighted by Gasteiger charge is -2.50. The molecule has 2 heterocycles. The van der Waals surface area contributed by atoms with Gasteiger partial charge < -0.3 is 9.80 Å². The van der Waals surface area contributed by atoms with E-state index >= 15 is 0 Å². The molecule has 0 radical (unpaired) electrons. The number of carbonyl (C=O) groups excluding carboxylic acids is 2. The van der Waals surface area contributed by atoms with Crippen molar-refractivity contribution in [3.05, 3.63) is 35.9 Å². The molecule has 2 saturated heterocycles. The van der Waals surface area contributed by atoms with Gasteiger partial charge in [0.15, 0.2) is 0 Å². The fourth-order valence-electron chi connectivity index (χ4n) is 4.90. The van der Waals surface area contributed by atoms with Crippen molar-refractivity contribution in [1.29, 1.82) is 0 Å². The summed E-state index contributed by atoms with van der Waals surface area (Å²) in [5.74, 6) is 0.538. The van der Waals surface area contributed by atoms with Gasteiger partial charge in [-0.2, -0.15) is 0 Å². The van der Waals surface area contributed by atoms with Crippen molar-refractivity contribution in [2.45, 2.75) is 51.0 Å². The second-order valence-electron chi connectivity index (χ2n) is 9.08. The third-order valence-corrected chi connectivity index (χ3v) is 7.04. The number of benzene rings is 1. The Balaban J connectivity index is 1.48. The quantitative estimate of drug-likeness (QED) is 0.785. The van der Waals surface area contributed by atoms with Crippen LogP contribution in [0.15, 0.2) is 30.3 Å². The first-order valence-electron chi connectivity index (χ1n) is 10.8. The average molecular weight is 384 g/mol. The minimum atomic E-state index is -0.0240. The smallest absolute Gasteiger partial charge is 0.236 e. The van der Waals surface area contributed by atoms with Gasteiger partial charge in [-0.3, -0.25) is 14.5 Å². The van der Waals surface area contributed by atoms with Crippen LogP contribution < -0.4 is 0 Å². The third kappa shape index (κ3) is 3.95.